The third kappa shape index (κ3) is 7.08. The lowest BCUT2D eigenvalue weighted by atomic mass is 10.1. The van der Waals surface area contributed by atoms with Gasteiger partial charge >= 0.3 is 0 Å². The van der Waals surface area contributed by atoms with Gasteiger partial charge in [0.2, 0.25) is 5.88 Å². The first-order chi connectivity index (χ1) is 20.2. The van der Waals surface area contributed by atoms with Gasteiger partial charge in [-0.3, -0.25) is 4.72 Å². The Morgan fingerprint density at radius 1 is 0.905 bits per heavy atom. The van der Waals surface area contributed by atoms with Crippen molar-refractivity contribution in [3.8, 4) is 17.4 Å². The maximum atomic E-state index is 12.1. The molecule has 0 saturated carbocycles. The van der Waals surface area contributed by atoms with Crippen LogP contribution in [0.3, 0.4) is 0 Å². The van der Waals surface area contributed by atoms with Gasteiger partial charge in [-0.1, -0.05) is 12.6 Å². The van der Waals surface area contributed by atoms with Crippen LogP contribution in [0.4, 0.5) is 28.6 Å². The Balaban J connectivity index is 1.43. The lowest BCUT2D eigenvalue weighted by Gasteiger charge is -2.34. The van der Waals surface area contributed by atoms with Crippen LogP contribution in [0.15, 0.2) is 60.5 Å². The molecule has 10 nitrogen and oxygen atoms in total. The van der Waals surface area contributed by atoms with Crippen LogP contribution in [0.5, 0.6) is 17.4 Å². The molecular weight excluding hydrogens is 552 g/mol. The summed E-state index contributed by atoms with van der Waals surface area (Å²) >= 11 is 0. The zero-order chi connectivity index (χ0) is 29.7. The standard InChI is InChI=1S/C31H40N6O4S/c1-5-42(38,39)34-27-22-25(11-9-23(27)2)41-31-28(37-15-7-6-8-16-37)13-14-30(33-31)32-26-12-10-24(21-29(26)40-4)36-19-17-35(3)18-20-36/h5,9-14,21-22,34H,1,6-8,15-20H2,2-4H3,(H,32,33). The number of methoxy groups -OCH3 is 1. The van der Waals surface area contributed by atoms with E-state index in [1.165, 1.54) is 6.42 Å². The molecule has 5 rings (SSSR count). The third-order valence-corrected chi connectivity index (χ3v) is 8.69. The van der Waals surface area contributed by atoms with Gasteiger partial charge in [0.1, 0.15) is 23.0 Å². The number of pyridine rings is 1. The number of hydrogen-bond donors (Lipinski definition) is 2. The number of piperazine rings is 1. The van der Waals surface area contributed by atoms with E-state index in [9.17, 15) is 8.42 Å². The van der Waals surface area contributed by atoms with Gasteiger partial charge in [0.05, 0.1) is 18.5 Å². The van der Waals surface area contributed by atoms with Gasteiger partial charge < -0.3 is 29.5 Å². The minimum absolute atomic E-state index is 0.423. The number of hydrogen-bond acceptors (Lipinski definition) is 9. The smallest absolute Gasteiger partial charge is 0.254 e. The first-order valence-corrected chi connectivity index (χ1v) is 15.9. The molecule has 42 heavy (non-hydrogen) atoms. The molecule has 3 aromatic rings. The highest BCUT2D eigenvalue weighted by molar-refractivity contribution is 7.95. The Labute approximate surface area is 249 Å². The van der Waals surface area contributed by atoms with Crippen molar-refractivity contribution in [1.82, 2.24) is 9.88 Å². The fraction of sp³-hybridized carbons (Fsp3) is 0.387. The summed E-state index contributed by atoms with van der Waals surface area (Å²) in [5.74, 6) is 2.25. The van der Waals surface area contributed by atoms with Gasteiger partial charge in [-0.05, 0) is 69.1 Å². The van der Waals surface area contributed by atoms with Crippen molar-refractivity contribution >= 4 is 38.6 Å². The molecule has 2 N–H and O–H groups in total. The number of rotatable bonds is 10. The number of nitrogens with one attached hydrogen (secondary N) is 2. The van der Waals surface area contributed by atoms with E-state index in [0.29, 0.717) is 23.1 Å². The number of benzene rings is 2. The first kappa shape index (κ1) is 29.5. The summed E-state index contributed by atoms with van der Waals surface area (Å²) in [4.78, 5) is 11.9. The average Bonchev–Trinajstić information content (AvgIpc) is 3.00. The molecule has 11 heteroatoms. The van der Waals surface area contributed by atoms with E-state index in [-0.39, 0.29) is 0 Å². The molecular formula is C31H40N6O4S. The molecule has 224 valence electrons. The number of sulfonamides is 1. The minimum atomic E-state index is -3.66. The van der Waals surface area contributed by atoms with E-state index in [4.69, 9.17) is 14.5 Å². The molecule has 0 radical (unpaired) electrons. The topological polar surface area (TPSA) is 99.3 Å². The van der Waals surface area contributed by atoms with Crippen molar-refractivity contribution in [2.45, 2.75) is 26.2 Å². The van der Waals surface area contributed by atoms with Gasteiger partial charge in [0.15, 0.2) is 0 Å². The Bertz CT molecular complexity index is 1520. The minimum Gasteiger partial charge on any atom is -0.494 e. The van der Waals surface area contributed by atoms with Gasteiger partial charge in [-0.15, -0.1) is 0 Å². The molecule has 0 aliphatic carbocycles. The number of anilines is 5. The summed E-state index contributed by atoms with van der Waals surface area (Å²) in [7, 11) is 0.156. The molecule has 3 heterocycles. The van der Waals surface area contributed by atoms with Crippen molar-refractivity contribution in [2.24, 2.45) is 0 Å². The molecule has 0 spiro atoms. The molecule has 0 amide bonds. The number of nitrogens with zero attached hydrogens (tertiary/aromatic N) is 4. The van der Waals surface area contributed by atoms with Crippen molar-refractivity contribution in [3.63, 3.8) is 0 Å². The predicted molar refractivity (Wildman–Crippen MR) is 170 cm³/mol. The summed E-state index contributed by atoms with van der Waals surface area (Å²) in [5, 5.41) is 4.30. The van der Waals surface area contributed by atoms with E-state index >= 15 is 0 Å². The van der Waals surface area contributed by atoms with Crippen molar-refractivity contribution in [2.75, 3.05) is 73.3 Å². The molecule has 2 saturated heterocycles. The van der Waals surface area contributed by atoms with E-state index in [2.05, 4.69) is 50.5 Å². The maximum absolute atomic E-state index is 12.1. The zero-order valence-electron chi connectivity index (χ0n) is 24.6. The molecule has 2 aliphatic heterocycles. The van der Waals surface area contributed by atoms with Crippen LogP contribution in [-0.4, -0.2) is 71.7 Å². The highest BCUT2D eigenvalue weighted by Gasteiger charge is 2.20. The molecule has 0 atom stereocenters. The number of ether oxygens (including phenoxy) is 2. The fourth-order valence-corrected chi connectivity index (χ4v) is 5.83. The molecule has 2 aromatic carbocycles. The Kier molecular flexibility index (Phi) is 9.08. The van der Waals surface area contributed by atoms with Crippen molar-refractivity contribution in [3.05, 3.63) is 66.1 Å². The van der Waals surface area contributed by atoms with Gasteiger partial charge in [0, 0.05) is 62.5 Å². The monoisotopic (exact) mass is 592 g/mol. The number of piperidine rings is 1. The maximum Gasteiger partial charge on any atom is 0.254 e. The van der Waals surface area contributed by atoms with Crippen molar-refractivity contribution < 1.29 is 17.9 Å². The second-order valence-electron chi connectivity index (χ2n) is 10.8. The van der Waals surface area contributed by atoms with Crippen LogP contribution in [0.1, 0.15) is 24.8 Å². The fourth-order valence-electron chi connectivity index (χ4n) is 5.22. The first-order valence-electron chi connectivity index (χ1n) is 14.3. The van der Waals surface area contributed by atoms with E-state index < -0.39 is 10.0 Å². The van der Waals surface area contributed by atoms with Crippen LogP contribution in [-0.2, 0) is 10.0 Å². The lowest BCUT2D eigenvalue weighted by molar-refractivity contribution is 0.312. The van der Waals surface area contributed by atoms with Gasteiger partial charge in [0.25, 0.3) is 10.0 Å². The quantitative estimate of drug-likeness (QED) is 0.313. The number of aromatic nitrogens is 1. The molecule has 1 aromatic heterocycles. The van der Waals surface area contributed by atoms with E-state index in [1.807, 2.05) is 37.3 Å². The van der Waals surface area contributed by atoms with Gasteiger partial charge in [-0.2, -0.15) is 4.98 Å². The zero-order valence-corrected chi connectivity index (χ0v) is 25.4. The Hall–Kier alpha value is -3.96. The molecule has 2 aliphatic rings. The average molecular weight is 593 g/mol. The largest absolute Gasteiger partial charge is 0.494 e. The second kappa shape index (κ2) is 12.9. The number of likely N-dealkylation sites (N-methyl/N-ethyl adjacent to an activating group) is 1. The summed E-state index contributed by atoms with van der Waals surface area (Å²) in [6.45, 7) is 11.1. The number of aryl methyl sites for hydroxylation is 1. The molecule has 2 fully saturated rings. The van der Waals surface area contributed by atoms with Crippen molar-refractivity contribution in [1.29, 1.82) is 0 Å². The summed E-state index contributed by atoms with van der Waals surface area (Å²) in [5.41, 5.74) is 4.01. The van der Waals surface area contributed by atoms with Crippen LogP contribution >= 0.6 is 0 Å². The second-order valence-corrected chi connectivity index (χ2v) is 12.4. The summed E-state index contributed by atoms with van der Waals surface area (Å²) < 4.78 is 38.9. The van der Waals surface area contributed by atoms with Crippen LogP contribution < -0.4 is 29.3 Å². The predicted octanol–water partition coefficient (Wildman–Crippen LogP) is 5.56. The van der Waals surface area contributed by atoms with E-state index in [0.717, 1.165) is 85.9 Å². The van der Waals surface area contributed by atoms with E-state index in [1.54, 1.807) is 13.2 Å². The van der Waals surface area contributed by atoms with Crippen LogP contribution in [0.2, 0.25) is 0 Å². The SMILES string of the molecule is C=CS(=O)(=O)Nc1cc(Oc2nc(Nc3ccc(N4CCN(C)CC4)cc3OC)ccc2N2CCCCC2)ccc1C. The third-order valence-electron chi connectivity index (χ3n) is 7.75. The Morgan fingerprint density at radius 3 is 2.38 bits per heavy atom. The highest BCUT2D eigenvalue weighted by atomic mass is 32.2. The van der Waals surface area contributed by atoms with Crippen LogP contribution in [0, 0.1) is 6.92 Å². The summed E-state index contributed by atoms with van der Waals surface area (Å²) in [6.07, 6.45) is 3.41. The molecule has 0 unspecified atom stereocenters. The lowest BCUT2D eigenvalue weighted by Crippen LogP contribution is -2.44. The van der Waals surface area contributed by atoms with Crippen LogP contribution in [0.25, 0.3) is 0 Å². The highest BCUT2D eigenvalue weighted by Crippen LogP contribution is 2.37. The summed E-state index contributed by atoms with van der Waals surface area (Å²) in [6, 6.07) is 15.4. The normalized spacial score (nSPS) is 16.2. The molecule has 0 bridgehead atoms. The Morgan fingerprint density at radius 2 is 1.67 bits per heavy atom. The van der Waals surface area contributed by atoms with Gasteiger partial charge in [-0.25, -0.2) is 8.42 Å².